The molecule has 2 aromatic heterocycles. The van der Waals surface area contributed by atoms with Crippen LogP contribution in [0.4, 0.5) is 11.5 Å². The number of carboxylic acids is 1. The van der Waals surface area contributed by atoms with Gasteiger partial charge >= 0.3 is 5.97 Å². The van der Waals surface area contributed by atoms with Gasteiger partial charge in [-0.2, -0.15) is 0 Å². The molecule has 0 aliphatic heterocycles. The average Bonchev–Trinajstić information content (AvgIpc) is 2.76. The molecule has 0 atom stereocenters. The van der Waals surface area contributed by atoms with Crippen molar-refractivity contribution in [1.82, 2.24) is 9.97 Å². The van der Waals surface area contributed by atoms with Crippen molar-refractivity contribution < 1.29 is 9.90 Å². The maximum atomic E-state index is 11.3. The third-order valence-electron chi connectivity index (χ3n) is 3.18. The Bertz CT molecular complexity index is 892. The van der Waals surface area contributed by atoms with Crippen LogP contribution in [0, 0.1) is 13.8 Å². The second-order valence-electron chi connectivity index (χ2n) is 4.80. The Morgan fingerprint density at radius 2 is 2.09 bits per heavy atom. The summed E-state index contributed by atoms with van der Waals surface area (Å²) in [5.74, 6) is 0.216. The number of hydrogen-bond donors (Lipinski definition) is 2. The average molecular weight is 334 g/mol. The van der Waals surface area contributed by atoms with E-state index >= 15 is 0 Å². The van der Waals surface area contributed by atoms with Crippen LogP contribution in [0.1, 0.15) is 21.1 Å². The molecule has 1 aromatic carbocycles. The second-order valence-corrected chi connectivity index (χ2v) is 6.23. The summed E-state index contributed by atoms with van der Waals surface area (Å²) >= 11 is 7.15. The van der Waals surface area contributed by atoms with Gasteiger partial charge in [0.1, 0.15) is 21.3 Å². The number of aromatic carboxylic acids is 1. The van der Waals surface area contributed by atoms with Gasteiger partial charge in [-0.3, -0.25) is 0 Å². The van der Waals surface area contributed by atoms with Crippen LogP contribution >= 0.6 is 22.9 Å². The van der Waals surface area contributed by atoms with Crippen molar-refractivity contribution in [1.29, 1.82) is 0 Å². The molecule has 3 aromatic rings. The Balaban J connectivity index is 2.18. The summed E-state index contributed by atoms with van der Waals surface area (Å²) in [7, 11) is 0. The van der Waals surface area contributed by atoms with E-state index in [4.69, 9.17) is 11.6 Å². The predicted molar refractivity (Wildman–Crippen MR) is 88.6 cm³/mol. The van der Waals surface area contributed by atoms with Crippen LogP contribution in [0.15, 0.2) is 24.3 Å². The Hall–Kier alpha value is -2.18. The zero-order valence-electron chi connectivity index (χ0n) is 11.8. The fourth-order valence-corrected chi connectivity index (χ4v) is 3.50. The summed E-state index contributed by atoms with van der Waals surface area (Å²) in [6, 6.07) is 7.27. The number of carboxylic acid groups (broad SMARTS) is 1. The molecule has 2 heterocycles. The highest BCUT2D eigenvalue weighted by molar-refractivity contribution is 7.20. The smallest absolute Gasteiger partial charge is 0.346 e. The number of hydrogen-bond acceptors (Lipinski definition) is 5. The lowest BCUT2D eigenvalue weighted by Gasteiger charge is -2.08. The highest BCUT2D eigenvalue weighted by Gasteiger charge is 2.19. The van der Waals surface area contributed by atoms with Crippen LogP contribution in [0.25, 0.3) is 10.2 Å². The van der Waals surface area contributed by atoms with E-state index in [1.807, 2.05) is 12.1 Å². The third kappa shape index (κ3) is 2.63. The van der Waals surface area contributed by atoms with Gasteiger partial charge in [0.15, 0.2) is 0 Å². The number of halogens is 1. The quantitative estimate of drug-likeness (QED) is 0.742. The number of aryl methyl sites for hydroxylation is 2. The normalized spacial score (nSPS) is 10.9. The Labute approximate surface area is 135 Å². The van der Waals surface area contributed by atoms with Gasteiger partial charge in [-0.1, -0.05) is 17.7 Å². The van der Waals surface area contributed by atoms with Crippen LogP contribution in [-0.4, -0.2) is 21.0 Å². The standard InChI is InChI=1S/C15H12ClN3O2S/c1-7-11-13(19-10-5-3-4-9(16)6-10)17-8(2)18-14(11)22-12(7)15(20)21/h3-6H,1-2H3,(H,20,21)(H,17,18,19). The minimum atomic E-state index is -0.952. The fourth-order valence-electron chi connectivity index (χ4n) is 2.24. The van der Waals surface area contributed by atoms with E-state index in [1.54, 1.807) is 26.0 Å². The van der Waals surface area contributed by atoms with Gasteiger partial charge in [0, 0.05) is 10.7 Å². The van der Waals surface area contributed by atoms with Crippen LogP contribution in [0.2, 0.25) is 5.02 Å². The number of rotatable bonds is 3. The molecular formula is C15H12ClN3O2S. The lowest BCUT2D eigenvalue weighted by atomic mass is 10.2. The van der Waals surface area contributed by atoms with Crippen molar-refractivity contribution in [2.24, 2.45) is 0 Å². The topological polar surface area (TPSA) is 75.1 Å². The summed E-state index contributed by atoms with van der Waals surface area (Å²) in [5, 5.41) is 13.8. The number of benzene rings is 1. The molecule has 112 valence electrons. The molecule has 0 aliphatic rings. The first kappa shape index (κ1) is 14.7. The lowest BCUT2D eigenvalue weighted by molar-refractivity contribution is 0.0701. The number of nitrogens with one attached hydrogen (secondary N) is 1. The summed E-state index contributed by atoms with van der Waals surface area (Å²) in [6.45, 7) is 3.54. The molecule has 0 saturated carbocycles. The van der Waals surface area contributed by atoms with Crippen molar-refractivity contribution in [2.45, 2.75) is 13.8 Å². The minimum absolute atomic E-state index is 0.282. The minimum Gasteiger partial charge on any atom is -0.477 e. The number of aromatic nitrogens is 2. The van der Waals surface area contributed by atoms with Crippen molar-refractivity contribution in [3.8, 4) is 0 Å². The number of nitrogens with zero attached hydrogens (tertiary/aromatic N) is 2. The van der Waals surface area contributed by atoms with Gasteiger partial charge < -0.3 is 10.4 Å². The number of fused-ring (bicyclic) bond motifs is 1. The van der Waals surface area contributed by atoms with Gasteiger partial charge in [0.2, 0.25) is 0 Å². The number of anilines is 2. The van der Waals surface area contributed by atoms with E-state index in [-0.39, 0.29) is 4.88 Å². The Morgan fingerprint density at radius 1 is 1.32 bits per heavy atom. The molecule has 0 aliphatic carbocycles. The molecule has 0 fully saturated rings. The van der Waals surface area contributed by atoms with E-state index in [9.17, 15) is 9.90 Å². The highest BCUT2D eigenvalue weighted by atomic mass is 35.5. The van der Waals surface area contributed by atoms with Crippen molar-refractivity contribution in [3.63, 3.8) is 0 Å². The molecular weight excluding hydrogens is 322 g/mol. The molecule has 0 radical (unpaired) electrons. The first-order chi connectivity index (χ1) is 10.5. The van der Waals surface area contributed by atoms with Crippen LogP contribution in [-0.2, 0) is 0 Å². The first-order valence-corrected chi connectivity index (χ1v) is 7.69. The summed E-state index contributed by atoms with van der Waals surface area (Å²) in [6.07, 6.45) is 0. The molecule has 3 rings (SSSR count). The highest BCUT2D eigenvalue weighted by Crippen LogP contribution is 2.35. The van der Waals surface area contributed by atoms with Gasteiger partial charge in [-0.25, -0.2) is 14.8 Å². The molecule has 2 N–H and O–H groups in total. The molecule has 0 amide bonds. The molecule has 7 heteroatoms. The maximum absolute atomic E-state index is 11.3. The summed E-state index contributed by atoms with van der Waals surface area (Å²) < 4.78 is 0. The number of carbonyl (C=O) groups is 1. The Morgan fingerprint density at radius 3 is 2.77 bits per heavy atom. The zero-order chi connectivity index (χ0) is 15.9. The maximum Gasteiger partial charge on any atom is 0.346 e. The van der Waals surface area contributed by atoms with Crippen molar-refractivity contribution in [2.75, 3.05) is 5.32 Å². The first-order valence-electron chi connectivity index (χ1n) is 6.49. The Kier molecular flexibility index (Phi) is 3.72. The summed E-state index contributed by atoms with van der Waals surface area (Å²) in [5.41, 5.74) is 1.45. The van der Waals surface area contributed by atoms with Gasteiger partial charge in [-0.15, -0.1) is 11.3 Å². The summed E-state index contributed by atoms with van der Waals surface area (Å²) in [4.78, 5) is 21.0. The molecule has 0 unspecified atom stereocenters. The van der Waals surface area contributed by atoms with E-state index in [0.29, 0.717) is 27.1 Å². The van der Waals surface area contributed by atoms with Crippen LogP contribution < -0.4 is 5.32 Å². The van der Waals surface area contributed by atoms with Gasteiger partial charge in [-0.05, 0) is 37.6 Å². The molecule has 0 saturated heterocycles. The van der Waals surface area contributed by atoms with Gasteiger partial charge in [0.25, 0.3) is 0 Å². The van der Waals surface area contributed by atoms with Gasteiger partial charge in [0.05, 0.1) is 5.39 Å². The lowest BCUT2D eigenvalue weighted by Crippen LogP contribution is -1.99. The van der Waals surface area contributed by atoms with E-state index in [1.165, 1.54) is 0 Å². The molecule has 0 bridgehead atoms. The molecule has 22 heavy (non-hydrogen) atoms. The largest absolute Gasteiger partial charge is 0.477 e. The monoisotopic (exact) mass is 333 g/mol. The molecule has 0 spiro atoms. The van der Waals surface area contributed by atoms with Crippen LogP contribution in [0.5, 0.6) is 0 Å². The van der Waals surface area contributed by atoms with Crippen molar-refractivity contribution in [3.05, 3.63) is 45.6 Å². The van der Waals surface area contributed by atoms with E-state index in [2.05, 4.69) is 15.3 Å². The zero-order valence-corrected chi connectivity index (χ0v) is 13.4. The van der Waals surface area contributed by atoms with E-state index < -0.39 is 5.97 Å². The second kappa shape index (κ2) is 5.55. The van der Waals surface area contributed by atoms with Crippen molar-refractivity contribution >= 4 is 50.6 Å². The molecule has 5 nitrogen and oxygen atoms in total. The SMILES string of the molecule is Cc1nc(Nc2cccc(Cl)c2)c2c(C)c(C(=O)O)sc2n1. The predicted octanol–water partition coefficient (Wildman–Crippen LogP) is 4.40. The third-order valence-corrected chi connectivity index (χ3v) is 4.59. The fraction of sp³-hybridized carbons (Fsp3) is 0.133. The van der Waals surface area contributed by atoms with E-state index in [0.717, 1.165) is 22.4 Å². The van der Waals surface area contributed by atoms with Crippen LogP contribution in [0.3, 0.4) is 0 Å². The number of thiophene rings is 1.